The summed E-state index contributed by atoms with van der Waals surface area (Å²) in [4.78, 5) is 28.8. The van der Waals surface area contributed by atoms with E-state index in [1.807, 2.05) is 0 Å². The Hall–Kier alpha value is -3.79. The molecular weight excluding hydrogens is 591 g/mol. The summed E-state index contributed by atoms with van der Waals surface area (Å²) in [5, 5.41) is 0.234. The maximum absolute atomic E-state index is 13.8. The summed E-state index contributed by atoms with van der Waals surface area (Å²) >= 11 is 3.36. The van der Waals surface area contributed by atoms with Crippen molar-refractivity contribution in [2.24, 2.45) is 5.92 Å². The number of amides is 1. The van der Waals surface area contributed by atoms with Gasteiger partial charge in [-0.05, 0) is 66.4 Å². The molecule has 4 aromatic rings. The Balaban J connectivity index is 1.71. The lowest BCUT2D eigenvalue weighted by Gasteiger charge is -2.26. The SMILES string of the molecule is COc1cc(C2c3c(oc4ccc(Br)cc4c3=O)C(=O)N2c2cccc(C(F)(F)F)c2)ccc1OCCC(C)C. The third-order valence-electron chi connectivity index (χ3n) is 6.74. The van der Waals surface area contributed by atoms with Crippen LogP contribution in [-0.4, -0.2) is 19.6 Å². The zero-order valence-electron chi connectivity index (χ0n) is 21.8. The minimum Gasteiger partial charge on any atom is -0.493 e. The van der Waals surface area contributed by atoms with E-state index in [0.717, 1.165) is 23.5 Å². The van der Waals surface area contributed by atoms with Gasteiger partial charge in [-0.1, -0.05) is 41.9 Å². The number of hydrogen-bond acceptors (Lipinski definition) is 5. The van der Waals surface area contributed by atoms with Crippen LogP contribution < -0.4 is 19.8 Å². The van der Waals surface area contributed by atoms with E-state index in [1.54, 1.807) is 36.4 Å². The number of rotatable bonds is 7. The Morgan fingerprint density at radius 1 is 1.02 bits per heavy atom. The Kier molecular flexibility index (Phi) is 7.39. The highest BCUT2D eigenvalue weighted by Gasteiger charge is 2.44. The zero-order valence-corrected chi connectivity index (χ0v) is 23.4. The van der Waals surface area contributed by atoms with Crippen molar-refractivity contribution in [2.45, 2.75) is 32.5 Å². The van der Waals surface area contributed by atoms with E-state index in [-0.39, 0.29) is 28.0 Å². The smallest absolute Gasteiger partial charge is 0.416 e. The van der Waals surface area contributed by atoms with E-state index in [0.29, 0.717) is 34.1 Å². The maximum atomic E-state index is 13.8. The molecule has 0 radical (unpaired) electrons. The standard InChI is InChI=1S/C30H25BrF3NO5/c1-16(2)11-12-39-23-9-7-17(13-24(23)38-3)26-25-27(36)21-15-19(31)8-10-22(21)40-28(25)29(37)35(26)20-6-4-5-18(14-20)30(32,33)34/h4-10,13-16,26H,11-12H2,1-3H3. The molecule has 0 saturated carbocycles. The number of halogens is 4. The van der Waals surface area contributed by atoms with Crippen LogP contribution in [0.3, 0.4) is 0 Å². The fraction of sp³-hybridized carbons (Fsp3) is 0.267. The van der Waals surface area contributed by atoms with Crippen molar-refractivity contribution in [3.05, 3.63) is 97.8 Å². The van der Waals surface area contributed by atoms with Gasteiger partial charge in [0.1, 0.15) is 5.58 Å². The monoisotopic (exact) mass is 615 g/mol. The average molecular weight is 616 g/mol. The molecule has 0 spiro atoms. The van der Waals surface area contributed by atoms with Crippen LogP contribution in [0.4, 0.5) is 18.9 Å². The van der Waals surface area contributed by atoms with Crippen LogP contribution in [0, 0.1) is 5.92 Å². The summed E-state index contributed by atoms with van der Waals surface area (Å²) in [6, 6.07) is 13.1. The van der Waals surface area contributed by atoms with Gasteiger partial charge in [-0.15, -0.1) is 0 Å². The number of benzene rings is 3. The molecule has 1 unspecified atom stereocenters. The molecule has 5 rings (SSSR count). The van der Waals surface area contributed by atoms with Crippen molar-refractivity contribution in [1.82, 2.24) is 0 Å². The molecule has 3 aromatic carbocycles. The molecule has 0 N–H and O–H groups in total. The van der Waals surface area contributed by atoms with Crippen LogP contribution in [0.1, 0.15) is 53.6 Å². The van der Waals surface area contributed by atoms with Crippen LogP contribution in [-0.2, 0) is 6.18 Å². The van der Waals surface area contributed by atoms with Crippen molar-refractivity contribution < 1.29 is 31.9 Å². The van der Waals surface area contributed by atoms with Crippen LogP contribution >= 0.6 is 15.9 Å². The first-order chi connectivity index (χ1) is 19.0. The van der Waals surface area contributed by atoms with E-state index in [9.17, 15) is 22.8 Å². The molecule has 1 atom stereocenters. The third-order valence-corrected chi connectivity index (χ3v) is 7.23. The van der Waals surface area contributed by atoms with Gasteiger partial charge in [0.2, 0.25) is 5.76 Å². The van der Waals surface area contributed by atoms with E-state index in [4.69, 9.17) is 13.9 Å². The predicted octanol–water partition coefficient (Wildman–Crippen LogP) is 7.76. The van der Waals surface area contributed by atoms with Crippen LogP contribution in [0.5, 0.6) is 11.5 Å². The first-order valence-corrected chi connectivity index (χ1v) is 13.4. The second kappa shape index (κ2) is 10.6. The van der Waals surface area contributed by atoms with Crippen molar-refractivity contribution in [2.75, 3.05) is 18.6 Å². The predicted molar refractivity (Wildman–Crippen MR) is 148 cm³/mol. The van der Waals surface area contributed by atoms with Gasteiger partial charge < -0.3 is 13.9 Å². The highest BCUT2D eigenvalue weighted by atomic mass is 79.9. The summed E-state index contributed by atoms with van der Waals surface area (Å²) in [6.07, 6.45) is -3.81. The molecule has 0 bridgehead atoms. The summed E-state index contributed by atoms with van der Waals surface area (Å²) < 4.78 is 58.8. The number of hydrogen-bond donors (Lipinski definition) is 0. The highest BCUT2D eigenvalue weighted by Crippen LogP contribution is 2.44. The minimum atomic E-state index is -4.63. The molecule has 40 heavy (non-hydrogen) atoms. The summed E-state index contributed by atoms with van der Waals surface area (Å²) in [5.74, 6) is 0.313. The second-order valence-electron chi connectivity index (χ2n) is 9.88. The fourth-order valence-electron chi connectivity index (χ4n) is 4.74. The normalized spacial score (nSPS) is 15.2. The van der Waals surface area contributed by atoms with E-state index in [1.165, 1.54) is 19.2 Å². The van der Waals surface area contributed by atoms with Crippen molar-refractivity contribution in [3.63, 3.8) is 0 Å². The highest BCUT2D eigenvalue weighted by molar-refractivity contribution is 9.10. The average Bonchev–Trinajstić information content (AvgIpc) is 3.21. The largest absolute Gasteiger partial charge is 0.493 e. The molecule has 2 heterocycles. The number of anilines is 1. The molecule has 208 valence electrons. The lowest BCUT2D eigenvalue weighted by molar-refractivity contribution is -0.137. The van der Waals surface area contributed by atoms with Gasteiger partial charge in [0.15, 0.2) is 16.9 Å². The van der Waals surface area contributed by atoms with Crippen LogP contribution in [0.2, 0.25) is 0 Å². The number of nitrogens with zero attached hydrogens (tertiary/aromatic N) is 1. The Morgan fingerprint density at radius 3 is 2.50 bits per heavy atom. The van der Waals surface area contributed by atoms with E-state index in [2.05, 4.69) is 29.8 Å². The number of carbonyl (C=O) groups is 1. The Morgan fingerprint density at radius 2 is 1.80 bits per heavy atom. The molecule has 10 heteroatoms. The minimum absolute atomic E-state index is 0.0305. The quantitative estimate of drug-likeness (QED) is 0.212. The van der Waals surface area contributed by atoms with Crippen molar-refractivity contribution in [1.29, 1.82) is 0 Å². The van der Waals surface area contributed by atoms with Crippen molar-refractivity contribution >= 4 is 38.5 Å². The summed E-state index contributed by atoms with van der Waals surface area (Å²) in [7, 11) is 1.46. The van der Waals surface area contributed by atoms with Crippen LogP contribution in [0.15, 0.2) is 74.3 Å². The molecule has 1 aliphatic heterocycles. The van der Waals surface area contributed by atoms with Gasteiger partial charge in [0.25, 0.3) is 5.91 Å². The molecule has 1 aromatic heterocycles. The third kappa shape index (κ3) is 5.08. The first kappa shape index (κ1) is 27.8. The lowest BCUT2D eigenvalue weighted by atomic mass is 9.97. The molecular formula is C30H25BrF3NO5. The second-order valence-corrected chi connectivity index (χ2v) is 10.8. The molecule has 1 aliphatic rings. The van der Waals surface area contributed by atoms with Crippen LogP contribution in [0.25, 0.3) is 11.0 Å². The lowest BCUT2D eigenvalue weighted by Crippen LogP contribution is -2.29. The number of methoxy groups -OCH3 is 1. The number of fused-ring (bicyclic) bond motifs is 2. The number of carbonyl (C=O) groups excluding carboxylic acids is 1. The van der Waals surface area contributed by atoms with Gasteiger partial charge in [-0.2, -0.15) is 13.2 Å². The van der Waals surface area contributed by atoms with Gasteiger partial charge in [0.05, 0.1) is 36.3 Å². The zero-order chi connectivity index (χ0) is 28.8. The Bertz CT molecular complexity index is 1660. The van der Waals surface area contributed by atoms with Gasteiger partial charge >= 0.3 is 6.18 Å². The molecule has 6 nitrogen and oxygen atoms in total. The van der Waals surface area contributed by atoms with Gasteiger partial charge in [-0.3, -0.25) is 14.5 Å². The molecule has 0 aliphatic carbocycles. The molecule has 1 amide bonds. The maximum Gasteiger partial charge on any atom is 0.416 e. The van der Waals surface area contributed by atoms with Crippen molar-refractivity contribution in [3.8, 4) is 11.5 Å². The molecule has 0 saturated heterocycles. The van der Waals surface area contributed by atoms with Gasteiger partial charge in [0, 0.05) is 10.2 Å². The summed E-state index contributed by atoms with van der Waals surface area (Å²) in [6.45, 7) is 4.61. The Labute approximate surface area is 236 Å². The van der Waals surface area contributed by atoms with Gasteiger partial charge in [-0.25, -0.2) is 0 Å². The fourth-order valence-corrected chi connectivity index (χ4v) is 5.10. The van der Waals surface area contributed by atoms with E-state index >= 15 is 0 Å². The topological polar surface area (TPSA) is 69.0 Å². The van der Waals surface area contributed by atoms with E-state index < -0.39 is 29.1 Å². The number of alkyl halides is 3. The molecule has 0 fully saturated rings. The first-order valence-electron chi connectivity index (χ1n) is 12.6. The number of ether oxygens (including phenoxy) is 2. The summed E-state index contributed by atoms with van der Waals surface area (Å²) in [5.41, 5.74) is -0.745.